The van der Waals surface area contributed by atoms with Gasteiger partial charge in [-0.3, -0.25) is 4.79 Å². The van der Waals surface area contributed by atoms with Gasteiger partial charge in [-0.25, -0.2) is 13.4 Å². The van der Waals surface area contributed by atoms with Crippen molar-refractivity contribution in [2.45, 2.75) is 18.2 Å². The highest BCUT2D eigenvalue weighted by atomic mass is 32.2. The zero-order valence-electron chi connectivity index (χ0n) is 14.2. The van der Waals surface area contributed by atoms with Crippen molar-refractivity contribution in [1.82, 2.24) is 4.98 Å². The van der Waals surface area contributed by atoms with Crippen molar-refractivity contribution in [3.63, 3.8) is 0 Å². The van der Waals surface area contributed by atoms with E-state index in [0.717, 1.165) is 16.3 Å². The summed E-state index contributed by atoms with van der Waals surface area (Å²) in [6, 6.07) is 15.5. The first-order valence-corrected chi connectivity index (χ1v) is 10.6. The first kappa shape index (κ1) is 18.3. The van der Waals surface area contributed by atoms with Crippen LogP contribution in [0.3, 0.4) is 0 Å². The maximum atomic E-state index is 12.3. The van der Waals surface area contributed by atoms with E-state index in [1.165, 1.54) is 23.5 Å². The number of aryl methyl sites for hydroxylation is 1. The Morgan fingerprint density at radius 3 is 2.46 bits per heavy atom. The molecule has 1 amide bonds. The topological polar surface area (TPSA) is 76.1 Å². The number of nitrogens with zero attached hydrogens (tertiary/aromatic N) is 1. The predicted octanol–water partition coefficient (Wildman–Crippen LogP) is 3.92. The van der Waals surface area contributed by atoms with Crippen LogP contribution in [0.15, 0.2) is 64.9 Å². The third-order valence-corrected chi connectivity index (χ3v) is 6.30. The van der Waals surface area contributed by atoms with E-state index >= 15 is 0 Å². The second-order valence-corrected chi connectivity index (χ2v) is 8.90. The number of hydrogen-bond acceptors (Lipinski definition) is 5. The van der Waals surface area contributed by atoms with Crippen molar-refractivity contribution in [3.8, 4) is 11.3 Å². The zero-order chi connectivity index (χ0) is 18.6. The van der Waals surface area contributed by atoms with E-state index in [9.17, 15) is 13.2 Å². The number of aromatic nitrogens is 1. The Bertz CT molecular complexity index is 1010. The van der Waals surface area contributed by atoms with E-state index in [1.807, 2.05) is 30.5 Å². The number of hydrogen-bond donors (Lipinski definition) is 1. The predicted molar refractivity (Wildman–Crippen MR) is 104 cm³/mol. The molecule has 0 unspecified atom stereocenters. The molecule has 0 aliphatic carbocycles. The monoisotopic (exact) mass is 386 g/mol. The van der Waals surface area contributed by atoms with E-state index in [2.05, 4.69) is 10.3 Å². The lowest BCUT2D eigenvalue weighted by molar-refractivity contribution is -0.115. The van der Waals surface area contributed by atoms with Crippen molar-refractivity contribution < 1.29 is 13.2 Å². The molecular formula is C19H18N2O3S2. The molecule has 0 saturated heterocycles. The highest BCUT2D eigenvalue weighted by Gasteiger charge is 2.17. The Morgan fingerprint density at radius 1 is 1.08 bits per heavy atom. The van der Waals surface area contributed by atoms with E-state index in [0.29, 0.717) is 5.69 Å². The molecule has 0 fully saturated rings. The number of carbonyl (C=O) groups excluding carboxylic acids is 1. The van der Waals surface area contributed by atoms with Crippen molar-refractivity contribution in [3.05, 3.63) is 65.0 Å². The summed E-state index contributed by atoms with van der Waals surface area (Å²) in [5.41, 5.74) is 2.23. The number of benzene rings is 2. The first-order valence-electron chi connectivity index (χ1n) is 8.05. The molecule has 1 aromatic heterocycles. The molecule has 5 nitrogen and oxygen atoms in total. The van der Waals surface area contributed by atoms with Crippen LogP contribution >= 0.6 is 11.3 Å². The molecule has 0 bridgehead atoms. The summed E-state index contributed by atoms with van der Waals surface area (Å²) < 4.78 is 24.6. The van der Waals surface area contributed by atoms with Crippen molar-refractivity contribution >= 4 is 32.8 Å². The minimum Gasteiger partial charge on any atom is -0.325 e. The number of nitrogens with one attached hydrogen (secondary N) is 1. The van der Waals surface area contributed by atoms with Crippen LogP contribution in [0, 0.1) is 6.92 Å². The van der Waals surface area contributed by atoms with Gasteiger partial charge in [0.2, 0.25) is 5.91 Å². The first-order chi connectivity index (χ1) is 12.5. The van der Waals surface area contributed by atoms with E-state index in [1.54, 1.807) is 24.3 Å². The molecule has 7 heteroatoms. The largest absolute Gasteiger partial charge is 0.325 e. The Balaban J connectivity index is 1.70. The lowest BCUT2D eigenvalue weighted by atomic mass is 10.1. The number of rotatable bonds is 6. The number of sulfone groups is 1. The minimum absolute atomic E-state index is 0.109. The van der Waals surface area contributed by atoms with Gasteiger partial charge in [0.15, 0.2) is 9.84 Å². The molecule has 0 atom stereocenters. The lowest BCUT2D eigenvalue weighted by Crippen LogP contribution is -2.17. The summed E-state index contributed by atoms with van der Waals surface area (Å²) >= 11 is 1.53. The number of anilines is 1. The van der Waals surface area contributed by atoms with Crippen LogP contribution in [-0.4, -0.2) is 25.1 Å². The molecular weight excluding hydrogens is 368 g/mol. The van der Waals surface area contributed by atoms with Gasteiger partial charge in [0.25, 0.3) is 0 Å². The summed E-state index contributed by atoms with van der Waals surface area (Å²) in [6.45, 7) is 1.92. The fourth-order valence-corrected chi connectivity index (χ4v) is 4.36. The van der Waals surface area contributed by atoms with E-state index < -0.39 is 9.84 Å². The average molecular weight is 386 g/mol. The summed E-state index contributed by atoms with van der Waals surface area (Å²) in [7, 11) is -3.48. The maximum Gasteiger partial charge on any atom is 0.225 e. The Labute approximate surface area is 156 Å². The van der Waals surface area contributed by atoms with Crippen molar-refractivity contribution in [2.24, 2.45) is 0 Å². The summed E-state index contributed by atoms with van der Waals surface area (Å²) in [5.74, 6) is -0.579. The molecule has 3 rings (SSSR count). The normalized spacial score (nSPS) is 11.3. The van der Waals surface area contributed by atoms with Gasteiger partial charge in [-0.2, -0.15) is 0 Å². The van der Waals surface area contributed by atoms with Crippen LogP contribution in [0.25, 0.3) is 11.3 Å². The van der Waals surface area contributed by atoms with Gasteiger partial charge >= 0.3 is 0 Å². The molecule has 1 N–H and O–H groups in total. The molecule has 2 aromatic carbocycles. The third-order valence-electron chi connectivity index (χ3n) is 3.80. The van der Waals surface area contributed by atoms with E-state index in [-0.39, 0.29) is 23.0 Å². The quantitative estimate of drug-likeness (QED) is 0.697. The standard InChI is InChI=1S/C19H18N2O3S2/c1-14-20-18(13-25-14)16-9-5-6-10-17(16)21-19(22)11-12-26(23,24)15-7-3-2-4-8-15/h2-10,13H,11-12H2,1H3,(H,21,22). The van der Waals surface area contributed by atoms with Gasteiger partial charge in [-0.1, -0.05) is 36.4 Å². The number of amides is 1. The lowest BCUT2D eigenvalue weighted by Gasteiger charge is -2.10. The molecule has 0 saturated carbocycles. The fraction of sp³-hybridized carbons (Fsp3) is 0.158. The second-order valence-electron chi connectivity index (χ2n) is 5.73. The molecule has 1 heterocycles. The fourth-order valence-electron chi connectivity index (χ4n) is 2.49. The molecule has 0 radical (unpaired) electrons. The Morgan fingerprint density at radius 2 is 1.77 bits per heavy atom. The van der Waals surface area contributed by atoms with E-state index in [4.69, 9.17) is 0 Å². The minimum atomic E-state index is -3.48. The van der Waals surface area contributed by atoms with Gasteiger partial charge in [-0.15, -0.1) is 11.3 Å². The van der Waals surface area contributed by atoms with Gasteiger partial charge in [0, 0.05) is 17.4 Å². The second kappa shape index (κ2) is 7.80. The number of para-hydroxylation sites is 1. The number of thiazole rings is 1. The Hall–Kier alpha value is -2.51. The summed E-state index contributed by atoms with van der Waals surface area (Å²) in [5, 5.41) is 5.67. The van der Waals surface area contributed by atoms with Crippen LogP contribution in [0.2, 0.25) is 0 Å². The molecule has 134 valence electrons. The molecule has 26 heavy (non-hydrogen) atoms. The highest BCUT2D eigenvalue weighted by Crippen LogP contribution is 2.28. The van der Waals surface area contributed by atoms with Gasteiger partial charge in [0.1, 0.15) is 0 Å². The number of carbonyl (C=O) groups is 1. The molecule has 0 spiro atoms. The van der Waals surface area contributed by atoms with Gasteiger partial charge in [-0.05, 0) is 25.1 Å². The van der Waals surface area contributed by atoms with Crippen LogP contribution in [0.4, 0.5) is 5.69 Å². The summed E-state index contributed by atoms with van der Waals surface area (Å²) in [4.78, 5) is 17.0. The van der Waals surface area contributed by atoms with Crippen LogP contribution in [-0.2, 0) is 14.6 Å². The average Bonchev–Trinajstić information content (AvgIpc) is 3.07. The summed E-state index contributed by atoms with van der Waals surface area (Å²) in [6.07, 6.45) is -0.109. The van der Waals surface area contributed by atoms with Crippen molar-refractivity contribution in [2.75, 3.05) is 11.1 Å². The van der Waals surface area contributed by atoms with Gasteiger partial charge < -0.3 is 5.32 Å². The Kier molecular flexibility index (Phi) is 5.49. The van der Waals surface area contributed by atoms with Crippen LogP contribution in [0.1, 0.15) is 11.4 Å². The van der Waals surface area contributed by atoms with Crippen LogP contribution < -0.4 is 5.32 Å². The maximum absolute atomic E-state index is 12.3. The van der Waals surface area contributed by atoms with Gasteiger partial charge in [0.05, 0.1) is 27.0 Å². The molecule has 0 aliphatic rings. The smallest absolute Gasteiger partial charge is 0.225 e. The van der Waals surface area contributed by atoms with Crippen LogP contribution in [0.5, 0.6) is 0 Å². The molecule has 0 aliphatic heterocycles. The zero-order valence-corrected chi connectivity index (χ0v) is 15.8. The third kappa shape index (κ3) is 4.36. The molecule has 3 aromatic rings. The highest BCUT2D eigenvalue weighted by molar-refractivity contribution is 7.91. The van der Waals surface area contributed by atoms with Crippen molar-refractivity contribution in [1.29, 1.82) is 0 Å². The SMILES string of the molecule is Cc1nc(-c2ccccc2NC(=O)CCS(=O)(=O)c2ccccc2)cs1.